The summed E-state index contributed by atoms with van der Waals surface area (Å²) < 4.78 is 60.5. The average Bonchev–Trinajstić information content (AvgIpc) is 3.35. The maximum Gasteiger partial charge on any atom is 0.421 e. The molecule has 216 valence electrons. The van der Waals surface area contributed by atoms with E-state index in [-0.39, 0.29) is 19.0 Å². The largest absolute Gasteiger partial charge is 0.421 e. The Morgan fingerprint density at radius 1 is 1.12 bits per heavy atom. The number of carbonyl (C=O) groups is 2. The van der Waals surface area contributed by atoms with Gasteiger partial charge in [-0.25, -0.2) is 9.18 Å². The third-order valence-electron chi connectivity index (χ3n) is 6.26. The van der Waals surface area contributed by atoms with Gasteiger partial charge in [-0.1, -0.05) is 11.6 Å². The summed E-state index contributed by atoms with van der Waals surface area (Å²) in [5.74, 6) is -1.93. The first kappa shape index (κ1) is 29.5. The van der Waals surface area contributed by atoms with Crippen molar-refractivity contribution in [3.63, 3.8) is 0 Å². The summed E-state index contributed by atoms with van der Waals surface area (Å²) in [5, 5.41) is 16.5. The fourth-order valence-electron chi connectivity index (χ4n) is 4.20. The van der Waals surface area contributed by atoms with Crippen LogP contribution in [0, 0.1) is 15.9 Å². The maximum atomic E-state index is 15.0. The number of methoxy groups -OCH3 is 1. The van der Waals surface area contributed by atoms with Gasteiger partial charge in [0.15, 0.2) is 0 Å². The molecule has 2 heterocycles. The number of rotatable bonds is 6. The number of carbonyl (C=O) groups excluding carboxylic acids is 2. The smallest absolute Gasteiger partial charge is 0.380 e. The van der Waals surface area contributed by atoms with Crippen LogP contribution in [-0.4, -0.2) is 52.1 Å². The first-order valence-corrected chi connectivity index (χ1v) is 12.1. The maximum absolute atomic E-state index is 15.0. The summed E-state index contributed by atoms with van der Waals surface area (Å²) in [4.78, 5) is 49.6. The van der Waals surface area contributed by atoms with Crippen molar-refractivity contribution < 1.29 is 36.8 Å². The van der Waals surface area contributed by atoms with Crippen LogP contribution >= 0.6 is 11.6 Å². The summed E-state index contributed by atoms with van der Waals surface area (Å²) in [7, 11) is 1.40. The number of pyridine rings is 1. The second-order valence-electron chi connectivity index (χ2n) is 8.89. The van der Waals surface area contributed by atoms with Crippen molar-refractivity contribution in [3.05, 3.63) is 91.6 Å². The molecule has 1 aliphatic heterocycles. The van der Waals surface area contributed by atoms with Gasteiger partial charge in [0.2, 0.25) is 5.91 Å². The van der Waals surface area contributed by atoms with Gasteiger partial charge in [0.25, 0.3) is 11.2 Å². The van der Waals surface area contributed by atoms with E-state index in [1.165, 1.54) is 12.0 Å². The van der Waals surface area contributed by atoms with Gasteiger partial charge < -0.3 is 20.3 Å². The van der Waals surface area contributed by atoms with E-state index >= 15 is 4.39 Å². The number of anilines is 2. The highest BCUT2D eigenvalue weighted by Gasteiger charge is 2.40. The lowest BCUT2D eigenvalue weighted by atomic mass is 10.1. The van der Waals surface area contributed by atoms with Crippen molar-refractivity contribution in [1.82, 2.24) is 9.47 Å². The Labute approximate surface area is 233 Å². The molecule has 2 atom stereocenters. The molecule has 0 unspecified atom stereocenters. The Morgan fingerprint density at radius 3 is 2.39 bits per heavy atom. The van der Waals surface area contributed by atoms with Gasteiger partial charge in [0.1, 0.15) is 17.4 Å². The number of amides is 3. The molecule has 2 aromatic carbocycles. The third-order valence-corrected chi connectivity index (χ3v) is 6.51. The predicted molar refractivity (Wildman–Crippen MR) is 139 cm³/mol. The number of urea groups is 1. The van der Waals surface area contributed by atoms with Crippen molar-refractivity contribution in [2.75, 3.05) is 24.3 Å². The summed E-state index contributed by atoms with van der Waals surface area (Å²) in [5.41, 5.74) is -4.96. The van der Waals surface area contributed by atoms with E-state index in [2.05, 4.69) is 10.6 Å². The number of benzene rings is 2. The number of halogens is 5. The van der Waals surface area contributed by atoms with E-state index in [1.807, 2.05) is 0 Å². The summed E-state index contributed by atoms with van der Waals surface area (Å²) in [6, 6.07) is 7.22. The molecule has 16 heteroatoms. The second kappa shape index (κ2) is 11.5. The van der Waals surface area contributed by atoms with Gasteiger partial charge in [-0.15, -0.1) is 0 Å². The van der Waals surface area contributed by atoms with Gasteiger partial charge in [-0.2, -0.15) is 13.2 Å². The predicted octanol–water partition coefficient (Wildman–Crippen LogP) is 4.82. The summed E-state index contributed by atoms with van der Waals surface area (Å²) in [6.07, 6.45) is -5.09. The Balaban J connectivity index is 1.58. The van der Waals surface area contributed by atoms with Gasteiger partial charge in [-0.05, 0) is 36.4 Å². The lowest BCUT2D eigenvalue weighted by Crippen LogP contribution is -2.45. The molecule has 0 aliphatic carbocycles. The van der Waals surface area contributed by atoms with Crippen molar-refractivity contribution in [3.8, 4) is 5.69 Å². The lowest BCUT2D eigenvalue weighted by molar-refractivity contribution is -0.385. The second-order valence-corrected chi connectivity index (χ2v) is 9.33. The topological polar surface area (TPSA) is 136 Å². The molecular formula is C25H20ClF4N5O6. The Hall–Kier alpha value is -4.50. The quantitative estimate of drug-likeness (QED) is 0.238. The van der Waals surface area contributed by atoms with Crippen LogP contribution < -0.4 is 16.2 Å². The fraction of sp³-hybridized carbons (Fsp3) is 0.240. The highest BCUT2D eigenvalue weighted by molar-refractivity contribution is 6.30. The number of ether oxygens (including phenoxy) is 1. The Kier molecular flexibility index (Phi) is 8.30. The fourth-order valence-corrected chi connectivity index (χ4v) is 4.33. The highest BCUT2D eigenvalue weighted by Crippen LogP contribution is 2.30. The van der Waals surface area contributed by atoms with E-state index in [0.717, 1.165) is 12.1 Å². The average molecular weight is 598 g/mol. The number of likely N-dealkylation sites (tertiary alicyclic amines) is 1. The number of nitro groups is 1. The van der Waals surface area contributed by atoms with Crippen LogP contribution in [0.25, 0.3) is 5.69 Å². The van der Waals surface area contributed by atoms with Crippen LogP contribution in [0.4, 0.5) is 39.4 Å². The molecule has 1 saturated heterocycles. The number of alkyl halides is 3. The zero-order valence-electron chi connectivity index (χ0n) is 20.9. The summed E-state index contributed by atoms with van der Waals surface area (Å²) >= 11 is 5.85. The minimum absolute atomic E-state index is 0.0483. The van der Waals surface area contributed by atoms with Crippen LogP contribution in [0.3, 0.4) is 0 Å². The minimum Gasteiger partial charge on any atom is -0.380 e. The molecule has 0 spiro atoms. The first-order valence-electron chi connectivity index (χ1n) is 11.7. The number of nitrogens with zero attached hydrogens (tertiary/aromatic N) is 3. The number of aromatic nitrogens is 1. The van der Waals surface area contributed by atoms with Crippen molar-refractivity contribution in [2.45, 2.75) is 24.7 Å². The van der Waals surface area contributed by atoms with Crippen molar-refractivity contribution in [2.24, 2.45) is 0 Å². The van der Waals surface area contributed by atoms with Crippen LogP contribution in [0.1, 0.15) is 12.0 Å². The highest BCUT2D eigenvalue weighted by atomic mass is 35.5. The van der Waals surface area contributed by atoms with Gasteiger partial charge in [0, 0.05) is 42.9 Å². The molecule has 1 aliphatic rings. The zero-order chi connectivity index (χ0) is 30.1. The molecule has 1 fully saturated rings. The zero-order valence-corrected chi connectivity index (χ0v) is 21.7. The molecule has 3 aromatic rings. The van der Waals surface area contributed by atoms with Crippen LogP contribution in [0.2, 0.25) is 5.02 Å². The van der Waals surface area contributed by atoms with Gasteiger partial charge in [-0.3, -0.25) is 24.3 Å². The van der Waals surface area contributed by atoms with Crippen molar-refractivity contribution in [1.29, 1.82) is 0 Å². The molecule has 0 radical (unpaired) electrons. The number of hydrogen-bond acceptors (Lipinski definition) is 6. The third kappa shape index (κ3) is 6.47. The molecule has 0 saturated carbocycles. The van der Waals surface area contributed by atoms with Crippen LogP contribution in [-0.2, 0) is 15.7 Å². The molecule has 0 bridgehead atoms. The van der Waals surface area contributed by atoms with Gasteiger partial charge in [0.05, 0.1) is 28.6 Å². The number of hydrogen-bond donors (Lipinski definition) is 2. The molecule has 4 rings (SSSR count). The minimum atomic E-state index is -5.20. The van der Waals surface area contributed by atoms with Gasteiger partial charge >= 0.3 is 12.2 Å². The molecule has 41 heavy (non-hydrogen) atoms. The number of nitrogens with one attached hydrogen (secondary N) is 2. The molecule has 3 amide bonds. The normalized spacial score (nSPS) is 16.9. The van der Waals surface area contributed by atoms with Crippen molar-refractivity contribution >= 4 is 40.6 Å². The Morgan fingerprint density at radius 2 is 1.80 bits per heavy atom. The molecule has 11 nitrogen and oxygen atoms in total. The monoisotopic (exact) mass is 597 g/mol. The standard InChI is InChI=1S/C25H20ClF4N5O6/c1-41-17-10-21(34(12-17)24(38)31-14-4-2-13(26)3-5-14)22(36)32-20-7-6-15(9-19(20)27)33-11-16(35(39)40)8-18(23(33)37)25(28,29)30/h2-9,11,17,21H,10,12H2,1H3,(H,31,38)(H,32,36)/t17-,21-/m1/s1. The molecule has 2 N–H and O–H groups in total. The van der Waals surface area contributed by atoms with E-state index in [4.69, 9.17) is 16.3 Å². The SMILES string of the molecule is CO[C@@H]1C[C@H](C(=O)Nc2ccc(-n3cc([N+](=O)[O-])cc(C(F)(F)F)c3=O)cc2F)N(C(=O)Nc2ccc(Cl)cc2)C1. The molecular weight excluding hydrogens is 578 g/mol. The van der Waals surface area contributed by atoms with E-state index < -0.39 is 69.2 Å². The summed E-state index contributed by atoms with van der Waals surface area (Å²) in [6.45, 7) is 0.0483. The Bertz CT molecular complexity index is 1560. The van der Waals surface area contributed by atoms with E-state index in [1.54, 1.807) is 24.3 Å². The first-order chi connectivity index (χ1) is 19.3. The molecule has 1 aromatic heterocycles. The van der Waals surface area contributed by atoms with E-state index in [0.29, 0.717) is 27.5 Å². The van der Waals surface area contributed by atoms with E-state index in [9.17, 15) is 37.7 Å². The lowest BCUT2D eigenvalue weighted by Gasteiger charge is -2.24. The van der Waals surface area contributed by atoms with Crippen LogP contribution in [0.5, 0.6) is 0 Å². The van der Waals surface area contributed by atoms with Crippen LogP contribution in [0.15, 0.2) is 59.5 Å².